The first-order valence-corrected chi connectivity index (χ1v) is 7.33. The Kier molecular flexibility index (Phi) is 6.36. The third-order valence-corrected chi connectivity index (χ3v) is 4.47. The van der Waals surface area contributed by atoms with Crippen molar-refractivity contribution in [3.63, 3.8) is 0 Å². The van der Waals surface area contributed by atoms with Crippen LogP contribution in [0.15, 0.2) is 0 Å². The van der Waals surface area contributed by atoms with Crippen LogP contribution in [-0.2, 0) is 0 Å². The first-order valence-electron chi connectivity index (χ1n) is 7.33. The lowest BCUT2D eigenvalue weighted by Gasteiger charge is -2.35. The second-order valence-electron chi connectivity index (χ2n) is 5.58. The Morgan fingerprint density at radius 3 is 1.93 bits per heavy atom. The average Bonchev–Trinajstić information content (AvgIpc) is 2.22. The van der Waals surface area contributed by atoms with Crippen LogP contribution in [0.4, 0.5) is 0 Å². The molecule has 0 unspecified atom stereocenters. The maximum absolute atomic E-state index is 2.42. The zero-order valence-corrected chi connectivity index (χ0v) is 11.0. The molecule has 0 spiro atoms. The van der Waals surface area contributed by atoms with Gasteiger partial charge in [0, 0.05) is 0 Å². The van der Waals surface area contributed by atoms with Crippen molar-refractivity contribution in [2.75, 3.05) is 0 Å². The average molecular weight is 210 g/mol. The monoisotopic (exact) mass is 210 g/mol. The molecule has 90 valence electrons. The van der Waals surface area contributed by atoms with E-state index in [9.17, 15) is 0 Å². The summed E-state index contributed by atoms with van der Waals surface area (Å²) in [6.07, 6.45) is 17.8. The summed E-state index contributed by atoms with van der Waals surface area (Å²) >= 11 is 0. The third-order valence-electron chi connectivity index (χ3n) is 4.47. The van der Waals surface area contributed by atoms with Gasteiger partial charge in [0.1, 0.15) is 0 Å². The van der Waals surface area contributed by atoms with Crippen LogP contribution in [0.2, 0.25) is 0 Å². The van der Waals surface area contributed by atoms with Gasteiger partial charge in [0.05, 0.1) is 0 Å². The second-order valence-corrected chi connectivity index (χ2v) is 5.58. The highest BCUT2D eigenvalue weighted by molar-refractivity contribution is 4.79. The highest BCUT2D eigenvalue weighted by atomic mass is 14.3. The number of rotatable bonds is 5. The van der Waals surface area contributed by atoms with Crippen molar-refractivity contribution in [2.45, 2.75) is 90.9 Å². The molecule has 0 nitrogen and oxygen atoms in total. The summed E-state index contributed by atoms with van der Waals surface area (Å²) in [6, 6.07) is 0. The molecule has 0 aliphatic heterocycles. The molecule has 1 rings (SSSR count). The zero-order chi connectivity index (χ0) is 11.0. The molecule has 0 aromatic carbocycles. The topological polar surface area (TPSA) is 0 Å². The van der Waals surface area contributed by atoms with Crippen molar-refractivity contribution in [1.29, 1.82) is 0 Å². The molecule has 1 fully saturated rings. The summed E-state index contributed by atoms with van der Waals surface area (Å²) in [7, 11) is 0. The summed E-state index contributed by atoms with van der Waals surface area (Å²) in [5, 5.41) is 0. The zero-order valence-electron chi connectivity index (χ0n) is 11.0. The molecule has 15 heavy (non-hydrogen) atoms. The summed E-state index contributed by atoms with van der Waals surface area (Å²) in [6.45, 7) is 4.74. The normalized spacial score (nSPS) is 22.0. The maximum atomic E-state index is 2.42. The Labute approximate surface area is 96.8 Å². The van der Waals surface area contributed by atoms with Crippen LogP contribution in [0, 0.1) is 5.41 Å². The predicted octanol–water partition coefficient (Wildman–Crippen LogP) is 5.71. The van der Waals surface area contributed by atoms with Crippen LogP contribution in [0.3, 0.4) is 0 Å². The number of unbranched alkanes of at least 4 members (excludes halogenated alkanes) is 2. The molecule has 0 radical (unpaired) electrons. The van der Waals surface area contributed by atoms with Crippen LogP contribution in [0.25, 0.3) is 0 Å². The molecular formula is C15H30. The Morgan fingerprint density at radius 2 is 1.40 bits per heavy atom. The molecule has 1 aliphatic rings. The first kappa shape index (κ1) is 13.1. The van der Waals surface area contributed by atoms with Crippen molar-refractivity contribution in [3.8, 4) is 0 Å². The van der Waals surface area contributed by atoms with Crippen LogP contribution in [0.1, 0.15) is 90.9 Å². The third kappa shape index (κ3) is 4.57. The number of hydrogen-bond acceptors (Lipinski definition) is 0. The van der Waals surface area contributed by atoms with Crippen LogP contribution in [-0.4, -0.2) is 0 Å². The van der Waals surface area contributed by atoms with E-state index in [1.54, 1.807) is 0 Å². The Bertz CT molecular complexity index is 140. The molecule has 0 N–H and O–H groups in total. The largest absolute Gasteiger partial charge is 0.0654 e. The minimum Gasteiger partial charge on any atom is -0.0654 e. The highest BCUT2D eigenvalue weighted by Gasteiger charge is 2.27. The van der Waals surface area contributed by atoms with E-state index in [0.717, 1.165) is 5.41 Å². The van der Waals surface area contributed by atoms with Gasteiger partial charge in [-0.1, -0.05) is 71.6 Å². The molecule has 0 heteroatoms. The van der Waals surface area contributed by atoms with E-state index in [1.165, 1.54) is 77.0 Å². The lowest BCUT2D eigenvalue weighted by atomic mass is 9.71. The van der Waals surface area contributed by atoms with E-state index in [-0.39, 0.29) is 0 Å². The Morgan fingerprint density at radius 1 is 0.800 bits per heavy atom. The van der Waals surface area contributed by atoms with Gasteiger partial charge in [-0.2, -0.15) is 0 Å². The van der Waals surface area contributed by atoms with E-state index in [1.807, 2.05) is 0 Å². The van der Waals surface area contributed by atoms with Gasteiger partial charge in [0.15, 0.2) is 0 Å². The second kappa shape index (κ2) is 7.30. The van der Waals surface area contributed by atoms with E-state index in [4.69, 9.17) is 0 Å². The van der Waals surface area contributed by atoms with E-state index < -0.39 is 0 Å². The molecule has 0 atom stereocenters. The summed E-state index contributed by atoms with van der Waals surface area (Å²) < 4.78 is 0. The maximum Gasteiger partial charge on any atom is -0.0300 e. The van der Waals surface area contributed by atoms with Gasteiger partial charge in [-0.25, -0.2) is 0 Å². The summed E-state index contributed by atoms with van der Waals surface area (Å²) in [4.78, 5) is 0. The first-order chi connectivity index (χ1) is 7.33. The van der Waals surface area contributed by atoms with Gasteiger partial charge < -0.3 is 0 Å². The van der Waals surface area contributed by atoms with E-state index in [0.29, 0.717) is 0 Å². The predicted molar refractivity (Wildman–Crippen MR) is 69.2 cm³/mol. The molecule has 1 aliphatic carbocycles. The standard InChI is InChI=1S/C15H30/c1-3-5-9-12-15(4-2)13-10-7-6-8-11-14-15/h3-14H2,1-2H3. The molecule has 0 heterocycles. The Balaban J connectivity index is 2.39. The highest BCUT2D eigenvalue weighted by Crippen LogP contribution is 2.41. The molecule has 0 saturated heterocycles. The molecular weight excluding hydrogens is 180 g/mol. The lowest BCUT2D eigenvalue weighted by molar-refractivity contribution is 0.177. The molecule has 0 bridgehead atoms. The van der Waals surface area contributed by atoms with E-state index >= 15 is 0 Å². The van der Waals surface area contributed by atoms with Gasteiger partial charge >= 0.3 is 0 Å². The Hall–Kier alpha value is 0. The van der Waals surface area contributed by atoms with Crippen molar-refractivity contribution < 1.29 is 0 Å². The number of hydrogen-bond donors (Lipinski definition) is 0. The molecule has 0 amide bonds. The van der Waals surface area contributed by atoms with Gasteiger partial charge in [0.25, 0.3) is 0 Å². The van der Waals surface area contributed by atoms with Gasteiger partial charge in [-0.3, -0.25) is 0 Å². The van der Waals surface area contributed by atoms with Crippen molar-refractivity contribution in [2.24, 2.45) is 5.41 Å². The quantitative estimate of drug-likeness (QED) is 0.510. The van der Waals surface area contributed by atoms with E-state index in [2.05, 4.69) is 13.8 Å². The summed E-state index contributed by atoms with van der Waals surface area (Å²) in [5.41, 5.74) is 0.746. The van der Waals surface area contributed by atoms with Crippen molar-refractivity contribution in [3.05, 3.63) is 0 Å². The van der Waals surface area contributed by atoms with Crippen LogP contribution >= 0.6 is 0 Å². The fraction of sp³-hybridized carbons (Fsp3) is 1.00. The van der Waals surface area contributed by atoms with Gasteiger partial charge in [-0.15, -0.1) is 0 Å². The van der Waals surface area contributed by atoms with Crippen LogP contribution in [0.5, 0.6) is 0 Å². The molecule has 1 saturated carbocycles. The summed E-state index contributed by atoms with van der Waals surface area (Å²) in [5.74, 6) is 0. The van der Waals surface area contributed by atoms with Gasteiger partial charge in [-0.05, 0) is 24.7 Å². The fourth-order valence-electron chi connectivity index (χ4n) is 3.19. The SMILES string of the molecule is CCCCCC1(CC)CCCCCCC1. The lowest BCUT2D eigenvalue weighted by Crippen LogP contribution is -2.21. The van der Waals surface area contributed by atoms with Crippen LogP contribution < -0.4 is 0 Å². The minimum absolute atomic E-state index is 0.746. The minimum atomic E-state index is 0.746. The smallest absolute Gasteiger partial charge is 0.0300 e. The molecule has 0 aromatic rings. The molecule has 0 aromatic heterocycles. The van der Waals surface area contributed by atoms with Crippen molar-refractivity contribution >= 4 is 0 Å². The fourth-order valence-corrected chi connectivity index (χ4v) is 3.19. The van der Waals surface area contributed by atoms with Crippen molar-refractivity contribution in [1.82, 2.24) is 0 Å². The van der Waals surface area contributed by atoms with Gasteiger partial charge in [0.2, 0.25) is 0 Å².